The average Bonchev–Trinajstić information content (AvgIpc) is 1.21. The number of carbonyl (C=O) groups is 8. The zero-order chi connectivity index (χ0) is 62.0. The topological polar surface area (TPSA) is 361 Å². The zero-order valence-electron chi connectivity index (χ0n) is 50.8. The summed E-state index contributed by atoms with van der Waals surface area (Å²) in [6, 6.07) is 0. The van der Waals surface area contributed by atoms with Gasteiger partial charge in [-0.3, -0.25) is 48.7 Å². The number of esters is 1. The molecule has 6 rings (SSSR count). The summed E-state index contributed by atoms with van der Waals surface area (Å²) in [6.45, 7) is 2.26. The van der Waals surface area contributed by atoms with Gasteiger partial charge in [-0.2, -0.15) is 0 Å². The predicted molar refractivity (Wildman–Crippen MR) is 319 cm³/mol. The largest absolute Gasteiger partial charge is 0.481 e. The number of hydroxylamine groups is 2. The Morgan fingerprint density at radius 2 is 1.02 bits per heavy atom. The van der Waals surface area contributed by atoms with Gasteiger partial charge in [0, 0.05) is 65.0 Å². The molecule has 6 fully saturated rings. The second kappa shape index (κ2) is 36.4. The molecule has 0 amide bonds. The molecule has 0 aromatic carbocycles. The number of unbranched alkanes of at least 4 members (excludes halogenated alkanes) is 21. The van der Waals surface area contributed by atoms with E-state index >= 15 is 4.79 Å². The van der Waals surface area contributed by atoms with Gasteiger partial charge < -0.3 is 56.3 Å². The summed E-state index contributed by atoms with van der Waals surface area (Å²) < 4.78 is 6.55. The summed E-state index contributed by atoms with van der Waals surface area (Å²) in [5, 5.41) is 58.1. The molecule has 10 unspecified atom stereocenters. The Labute approximate surface area is 511 Å². The Balaban J connectivity index is 1.39. The van der Waals surface area contributed by atoms with E-state index in [2.05, 4.69) is 36.7 Å². The van der Waals surface area contributed by atoms with Crippen molar-refractivity contribution in [1.29, 1.82) is 0 Å². The molecule has 6 saturated heterocycles. The van der Waals surface area contributed by atoms with Crippen molar-refractivity contribution in [2.75, 3.05) is 58.9 Å². The maximum absolute atomic E-state index is 15.9. The number of nitrogens with one attached hydrogen (secondary N) is 5. The van der Waals surface area contributed by atoms with Crippen molar-refractivity contribution in [2.24, 2.45) is 23.5 Å². The van der Waals surface area contributed by atoms with Gasteiger partial charge in [-0.15, -0.1) is 22.7 Å². The summed E-state index contributed by atoms with van der Waals surface area (Å²) in [6.07, 6.45) is 21.9. The summed E-state index contributed by atoms with van der Waals surface area (Å²) in [7, 11) is 0. The Bertz CT molecular complexity index is 2190. The quantitative estimate of drug-likeness (QED) is 0.0199. The molecule has 490 valence electrons. The summed E-state index contributed by atoms with van der Waals surface area (Å²) >= 11 is 0.892. The minimum Gasteiger partial charge on any atom is -0.481 e. The Kier molecular flexibility index (Phi) is 30.0. The molecule has 26 heteroatoms. The minimum atomic E-state index is -2.34. The van der Waals surface area contributed by atoms with E-state index in [0.29, 0.717) is 51.9 Å². The third-order valence-corrected chi connectivity index (χ3v) is 19.8. The standard InChI is InChI=1S/C60H103N9O16S/c61-58(32-46(56(80)81)86-47-31-54(78)84-65-47)57(82)83-49-38-63-35-44(26-20-14-8-2-5-11-17-23-29-51(72)73)41-69(49)60(58)59(33-55(79)85-66-59)64-36-45(27-21-15-9-3-6-12-18-24-30-52(74)75)40-68(60)48-37-62-34-43(39-67(48)42-53(76)77)25-19-13-7-1-4-10-16-22-28-50(70)71/h43-49,62-66H,1-42,61H2,(H,70,71)(H,72,73)(H,74,75)(H,76,77)(H,80,81). The zero-order valence-corrected chi connectivity index (χ0v) is 51.6. The van der Waals surface area contributed by atoms with E-state index in [1.54, 1.807) is 0 Å². The fraction of sp³-hybridized carbons (Fsp3) is 0.867. The second-order valence-electron chi connectivity index (χ2n) is 25.3. The van der Waals surface area contributed by atoms with Gasteiger partial charge in [0.05, 0.1) is 30.9 Å². The van der Waals surface area contributed by atoms with Crippen LogP contribution in [0.25, 0.3) is 0 Å². The molecule has 12 N–H and O–H groups in total. The van der Waals surface area contributed by atoms with Crippen LogP contribution in [-0.2, 0) is 52.8 Å². The number of carboxylic acid groups (broad SMARTS) is 5. The molecule has 86 heavy (non-hydrogen) atoms. The van der Waals surface area contributed by atoms with Gasteiger partial charge in [0.1, 0.15) is 16.6 Å². The maximum Gasteiger partial charge on any atom is 0.331 e. The highest BCUT2D eigenvalue weighted by atomic mass is 32.2. The SMILES string of the molecule is NC1(CC(SC2CC(=O)ON2)C(=O)O)C(=O)OC2CNCC(CCCCCCCCCCC(=O)O)CN2C12N(C1CNCC(CCCCCCCCCCC(=O)O)CN1CC(=O)O)CC(CCCCCCCCCCC(=O)O)CNC21CC(=O)ON1. The van der Waals surface area contributed by atoms with Crippen LogP contribution >= 0.6 is 11.8 Å². The van der Waals surface area contributed by atoms with Crippen molar-refractivity contribution in [3.63, 3.8) is 0 Å². The third kappa shape index (κ3) is 20.9. The molecular weight excluding hydrogens is 1130 g/mol. The van der Waals surface area contributed by atoms with E-state index in [0.717, 1.165) is 159 Å². The second-order valence-corrected chi connectivity index (χ2v) is 26.7. The van der Waals surface area contributed by atoms with E-state index in [1.165, 1.54) is 0 Å². The molecule has 0 aromatic rings. The van der Waals surface area contributed by atoms with E-state index in [-0.39, 0.29) is 82.6 Å². The molecular formula is C60H103N9O16S. The van der Waals surface area contributed by atoms with Crippen LogP contribution in [0, 0.1) is 17.8 Å². The molecule has 0 aliphatic carbocycles. The number of carbonyl (C=O) groups excluding carboxylic acids is 3. The lowest BCUT2D eigenvalue weighted by molar-refractivity contribution is -0.282. The fourth-order valence-electron chi connectivity index (χ4n) is 14.3. The first-order valence-corrected chi connectivity index (χ1v) is 33.4. The lowest BCUT2D eigenvalue weighted by Crippen LogP contribution is -2.95. The Hall–Kier alpha value is -4.25. The van der Waals surface area contributed by atoms with Gasteiger partial charge in [0.15, 0.2) is 11.8 Å². The summed E-state index contributed by atoms with van der Waals surface area (Å²) in [5.74, 6) is -7.09. The van der Waals surface area contributed by atoms with E-state index in [1.807, 2.05) is 4.90 Å². The normalized spacial score (nSPS) is 28.7. The van der Waals surface area contributed by atoms with Gasteiger partial charge >= 0.3 is 47.8 Å². The number of aliphatic carboxylic acids is 5. The number of thioether (sulfide) groups is 1. The number of hydrogen-bond donors (Lipinski definition) is 11. The summed E-state index contributed by atoms with van der Waals surface area (Å²) in [4.78, 5) is 120. The van der Waals surface area contributed by atoms with Gasteiger partial charge in [-0.05, 0) is 69.4 Å². The third-order valence-electron chi connectivity index (χ3n) is 18.5. The number of nitrogens with zero attached hydrogens (tertiary/aromatic N) is 3. The van der Waals surface area contributed by atoms with Crippen LogP contribution in [0.1, 0.15) is 212 Å². The molecule has 0 saturated carbocycles. The predicted octanol–water partition coefficient (Wildman–Crippen LogP) is 5.70. The summed E-state index contributed by atoms with van der Waals surface area (Å²) in [5.41, 5.74) is 7.85. The molecule has 0 radical (unpaired) electrons. The van der Waals surface area contributed by atoms with Crippen molar-refractivity contribution in [3.05, 3.63) is 0 Å². The Morgan fingerprint density at radius 1 is 0.558 bits per heavy atom. The highest BCUT2D eigenvalue weighted by Crippen LogP contribution is 2.53. The van der Waals surface area contributed by atoms with E-state index in [4.69, 9.17) is 35.5 Å². The number of hydrogen-bond acceptors (Lipinski definition) is 21. The lowest BCUT2D eigenvalue weighted by atomic mass is 9.67. The van der Waals surface area contributed by atoms with Gasteiger partial charge in [0.25, 0.3) is 0 Å². The van der Waals surface area contributed by atoms with Crippen LogP contribution in [0.3, 0.4) is 0 Å². The molecule has 0 aromatic heterocycles. The maximum atomic E-state index is 15.9. The molecule has 2 spiro atoms. The van der Waals surface area contributed by atoms with Crippen LogP contribution < -0.4 is 32.6 Å². The number of rotatable bonds is 41. The van der Waals surface area contributed by atoms with Gasteiger partial charge in [0.2, 0.25) is 0 Å². The Morgan fingerprint density at radius 3 is 1.48 bits per heavy atom. The van der Waals surface area contributed by atoms with Gasteiger partial charge in [-0.25, -0.2) is 9.69 Å². The van der Waals surface area contributed by atoms with E-state index < -0.39 is 94.1 Å². The van der Waals surface area contributed by atoms with Crippen molar-refractivity contribution in [1.82, 2.24) is 41.6 Å². The van der Waals surface area contributed by atoms with E-state index in [9.17, 15) is 43.8 Å². The molecule has 25 nitrogen and oxygen atoms in total. The van der Waals surface area contributed by atoms with Crippen molar-refractivity contribution >= 4 is 59.5 Å². The smallest absolute Gasteiger partial charge is 0.331 e. The van der Waals surface area contributed by atoms with Crippen LogP contribution in [0.2, 0.25) is 0 Å². The molecule has 6 heterocycles. The number of carboxylic acids is 5. The van der Waals surface area contributed by atoms with Crippen molar-refractivity contribution < 1.29 is 78.3 Å². The van der Waals surface area contributed by atoms with Crippen LogP contribution in [0.15, 0.2) is 0 Å². The van der Waals surface area contributed by atoms with Crippen molar-refractivity contribution in [3.8, 4) is 0 Å². The molecule has 6 aliphatic heterocycles. The highest BCUT2D eigenvalue weighted by Gasteiger charge is 2.79. The average molecular weight is 1240 g/mol. The lowest BCUT2D eigenvalue weighted by Gasteiger charge is -2.68. The number of ether oxygens (including phenoxy) is 1. The van der Waals surface area contributed by atoms with Gasteiger partial charge in [-0.1, -0.05) is 135 Å². The molecule has 10 atom stereocenters. The first kappa shape index (κ1) is 70.8. The van der Waals surface area contributed by atoms with Crippen LogP contribution in [0.5, 0.6) is 0 Å². The fourth-order valence-corrected chi connectivity index (χ4v) is 15.5. The molecule has 6 aliphatic rings. The number of nitrogens with two attached hydrogens (primary N) is 1. The first-order chi connectivity index (χ1) is 41.4. The van der Waals surface area contributed by atoms with Crippen LogP contribution in [0.4, 0.5) is 0 Å². The first-order valence-electron chi connectivity index (χ1n) is 32.5. The monoisotopic (exact) mass is 1240 g/mol. The molecule has 0 bridgehead atoms. The number of fused-ring (bicyclic) bond motifs is 3. The van der Waals surface area contributed by atoms with Crippen molar-refractivity contribution in [2.45, 2.75) is 252 Å². The minimum absolute atomic E-state index is 0.0138. The highest BCUT2D eigenvalue weighted by molar-refractivity contribution is 8.01. The van der Waals surface area contributed by atoms with Crippen LogP contribution in [-0.4, -0.2) is 187 Å².